The minimum absolute atomic E-state index is 0.0330. The SMILES string of the molecule is CN=Cc1cc(C(=O)CBr)c(C)n1-c1ccc(C#N)cc1. The van der Waals surface area contributed by atoms with E-state index in [1.165, 1.54) is 0 Å². The van der Waals surface area contributed by atoms with Crippen molar-refractivity contribution < 1.29 is 4.79 Å². The van der Waals surface area contributed by atoms with Crippen molar-refractivity contribution in [1.82, 2.24) is 4.57 Å². The van der Waals surface area contributed by atoms with E-state index in [0.29, 0.717) is 11.1 Å². The molecule has 1 aromatic heterocycles. The Morgan fingerprint density at radius 2 is 2.10 bits per heavy atom. The maximum atomic E-state index is 12.0. The highest BCUT2D eigenvalue weighted by atomic mass is 79.9. The number of aliphatic imine (C=N–C) groups is 1. The molecule has 0 aliphatic carbocycles. The van der Waals surface area contributed by atoms with Gasteiger partial charge in [-0.1, -0.05) is 15.9 Å². The van der Waals surface area contributed by atoms with Gasteiger partial charge in [-0.2, -0.15) is 5.26 Å². The van der Waals surface area contributed by atoms with Gasteiger partial charge in [0, 0.05) is 30.2 Å². The van der Waals surface area contributed by atoms with E-state index in [0.717, 1.165) is 17.1 Å². The van der Waals surface area contributed by atoms with Gasteiger partial charge >= 0.3 is 0 Å². The molecule has 0 unspecified atom stereocenters. The predicted octanol–water partition coefficient (Wildman–Crippen LogP) is 3.28. The van der Waals surface area contributed by atoms with Gasteiger partial charge in [-0.25, -0.2) is 0 Å². The van der Waals surface area contributed by atoms with E-state index in [-0.39, 0.29) is 11.1 Å². The number of rotatable bonds is 4. The van der Waals surface area contributed by atoms with E-state index in [4.69, 9.17) is 5.26 Å². The second-order valence-electron chi connectivity index (χ2n) is 4.51. The van der Waals surface area contributed by atoms with Crippen molar-refractivity contribution in [2.24, 2.45) is 4.99 Å². The van der Waals surface area contributed by atoms with Crippen molar-refractivity contribution >= 4 is 27.9 Å². The van der Waals surface area contributed by atoms with Crippen LogP contribution >= 0.6 is 15.9 Å². The zero-order valence-electron chi connectivity index (χ0n) is 11.8. The summed E-state index contributed by atoms with van der Waals surface area (Å²) in [5, 5.41) is 9.16. The van der Waals surface area contributed by atoms with Crippen molar-refractivity contribution in [3.05, 3.63) is 52.8 Å². The molecule has 2 rings (SSSR count). The monoisotopic (exact) mass is 343 g/mol. The highest BCUT2D eigenvalue weighted by molar-refractivity contribution is 9.09. The van der Waals surface area contributed by atoms with Crippen LogP contribution in [0.25, 0.3) is 5.69 Å². The lowest BCUT2D eigenvalue weighted by molar-refractivity contribution is 0.102. The fourth-order valence-electron chi connectivity index (χ4n) is 2.24. The first-order valence-electron chi connectivity index (χ1n) is 6.36. The normalized spacial score (nSPS) is 10.8. The molecule has 1 heterocycles. The van der Waals surface area contributed by atoms with Crippen molar-refractivity contribution in [3.63, 3.8) is 0 Å². The number of carbonyl (C=O) groups is 1. The second kappa shape index (κ2) is 6.51. The summed E-state index contributed by atoms with van der Waals surface area (Å²) in [5.74, 6) is 0.0330. The summed E-state index contributed by atoms with van der Waals surface area (Å²) in [5.41, 5.74) is 3.87. The molecule has 4 nitrogen and oxygen atoms in total. The second-order valence-corrected chi connectivity index (χ2v) is 5.07. The Kier molecular flexibility index (Phi) is 4.71. The predicted molar refractivity (Wildman–Crippen MR) is 86.9 cm³/mol. The first-order chi connectivity index (χ1) is 10.1. The number of hydrogen-bond donors (Lipinski definition) is 0. The molecule has 0 spiro atoms. The van der Waals surface area contributed by atoms with Crippen molar-refractivity contribution in [3.8, 4) is 11.8 Å². The van der Waals surface area contributed by atoms with E-state index < -0.39 is 0 Å². The maximum absolute atomic E-state index is 12.0. The molecular weight excluding hydrogens is 330 g/mol. The van der Waals surface area contributed by atoms with Gasteiger partial charge in [-0.3, -0.25) is 9.79 Å². The summed E-state index contributed by atoms with van der Waals surface area (Å²) in [4.78, 5) is 16.0. The van der Waals surface area contributed by atoms with Crippen LogP contribution in [0.1, 0.15) is 27.3 Å². The average Bonchev–Trinajstić information content (AvgIpc) is 2.83. The molecular formula is C16H14BrN3O. The van der Waals surface area contributed by atoms with Gasteiger partial charge in [-0.05, 0) is 37.3 Å². The van der Waals surface area contributed by atoms with Gasteiger partial charge in [-0.15, -0.1) is 0 Å². The zero-order valence-corrected chi connectivity index (χ0v) is 13.4. The van der Waals surface area contributed by atoms with Gasteiger partial charge in [0.15, 0.2) is 5.78 Å². The van der Waals surface area contributed by atoms with Crippen LogP contribution in [0.3, 0.4) is 0 Å². The Morgan fingerprint density at radius 1 is 1.43 bits per heavy atom. The molecule has 0 saturated heterocycles. The molecule has 0 aliphatic rings. The Hall–Kier alpha value is -2.19. The summed E-state index contributed by atoms with van der Waals surface area (Å²) in [6.07, 6.45) is 1.72. The van der Waals surface area contributed by atoms with Crippen LogP contribution in [0, 0.1) is 18.3 Å². The molecule has 21 heavy (non-hydrogen) atoms. The van der Waals surface area contributed by atoms with E-state index in [2.05, 4.69) is 27.0 Å². The Bertz CT molecular complexity index is 736. The molecule has 0 bridgehead atoms. The van der Waals surface area contributed by atoms with Crippen molar-refractivity contribution in [2.75, 3.05) is 12.4 Å². The molecule has 0 radical (unpaired) electrons. The van der Waals surface area contributed by atoms with Crippen molar-refractivity contribution in [1.29, 1.82) is 5.26 Å². The molecule has 0 saturated carbocycles. The topological polar surface area (TPSA) is 58.1 Å². The molecule has 0 aliphatic heterocycles. The summed E-state index contributed by atoms with van der Waals surface area (Å²) in [6.45, 7) is 1.90. The van der Waals surface area contributed by atoms with E-state index in [9.17, 15) is 4.79 Å². The van der Waals surface area contributed by atoms with E-state index in [1.807, 2.05) is 29.7 Å². The molecule has 0 atom stereocenters. The molecule has 1 aromatic carbocycles. The number of halogens is 1. The number of nitriles is 1. The summed E-state index contributed by atoms with van der Waals surface area (Å²) in [7, 11) is 1.69. The first-order valence-corrected chi connectivity index (χ1v) is 7.48. The van der Waals surface area contributed by atoms with Crippen LogP contribution < -0.4 is 0 Å². The summed E-state index contributed by atoms with van der Waals surface area (Å²) >= 11 is 3.21. The lowest BCUT2D eigenvalue weighted by atomic mass is 10.2. The fraction of sp³-hybridized carbons (Fsp3) is 0.188. The van der Waals surface area contributed by atoms with Crippen LogP contribution in [0.4, 0.5) is 0 Å². The smallest absolute Gasteiger partial charge is 0.175 e. The fourth-order valence-corrected chi connectivity index (χ4v) is 2.54. The highest BCUT2D eigenvalue weighted by Gasteiger charge is 2.16. The standard InChI is InChI=1S/C16H14BrN3O/c1-11-15(16(21)8-17)7-14(10-19-2)20(11)13-5-3-12(9-18)4-6-13/h3-7,10H,8H2,1-2H3. The summed E-state index contributed by atoms with van der Waals surface area (Å²) in [6, 6.07) is 11.2. The average molecular weight is 344 g/mol. The van der Waals surface area contributed by atoms with Gasteiger partial charge in [0.2, 0.25) is 0 Å². The number of carbonyl (C=O) groups excluding carboxylic acids is 1. The van der Waals surface area contributed by atoms with Crippen LogP contribution in [0.2, 0.25) is 0 Å². The number of aromatic nitrogens is 1. The highest BCUT2D eigenvalue weighted by Crippen LogP contribution is 2.21. The quantitative estimate of drug-likeness (QED) is 0.486. The Morgan fingerprint density at radius 3 is 2.62 bits per heavy atom. The zero-order chi connectivity index (χ0) is 15.4. The van der Waals surface area contributed by atoms with Gasteiger partial charge in [0.05, 0.1) is 22.7 Å². The largest absolute Gasteiger partial charge is 0.312 e. The number of nitrogens with zero attached hydrogens (tertiary/aromatic N) is 3. The Balaban J connectivity index is 2.62. The lowest BCUT2D eigenvalue weighted by Crippen LogP contribution is -2.04. The molecule has 0 fully saturated rings. The lowest BCUT2D eigenvalue weighted by Gasteiger charge is -2.09. The number of benzene rings is 1. The number of alkyl halides is 1. The van der Waals surface area contributed by atoms with Crippen LogP contribution in [-0.4, -0.2) is 28.9 Å². The van der Waals surface area contributed by atoms with Gasteiger partial charge < -0.3 is 4.57 Å². The first kappa shape index (κ1) is 15.2. The third-order valence-electron chi connectivity index (χ3n) is 3.21. The molecule has 0 amide bonds. The van der Waals surface area contributed by atoms with Crippen LogP contribution in [-0.2, 0) is 0 Å². The minimum Gasteiger partial charge on any atom is -0.312 e. The summed E-state index contributed by atoms with van der Waals surface area (Å²) < 4.78 is 1.96. The van der Waals surface area contributed by atoms with Gasteiger partial charge in [0.1, 0.15) is 0 Å². The molecule has 106 valence electrons. The van der Waals surface area contributed by atoms with Crippen LogP contribution in [0.5, 0.6) is 0 Å². The minimum atomic E-state index is 0.0330. The van der Waals surface area contributed by atoms with E-state index in [1.54, 1.807) is 25.4 Å². The van der Waals surface area contributed by atoms with Crippen molar-refractivity contribution in [2.45, 2.75) is 6.92 Å². The third kappa shape index (κ3) is 2.96. The maximum Gasteiger partial charge on any atom is 0.175 e. The number of hydrogen-bond acceptors (Lipinski definition) is 3. The third-order valence-corrected chi connectivity index (χ3v) is 3.72. The van der Waals surface area contributed by atoms with Gasteiger partial charge in [0.25, 0.3) is 0 Å². The molecule has 5 heteroatoms. The van der Waals surface area contributed by atoms with Crippen LogP contribution in [0.15, 0.2) is 35.3 Å². The molecule has 2 aromatic rings. The Labute approximate surface area is 131 Å². The molecule has 0 N–H and O–H groups in total. The van der Waals surface area contributed by atoms with E-state index >= 15 is 0 Å². The number of ketones is 1. The number of Topliss-reactive ketones (excluding diaryl/α,β-unsaturated/α-hetero) is 1.